The first-order valence-corrected chi connectivity index (χ1v) is 43.0. The first-order valence-electron chi connectivity index (χ1n) is 40.0. The molecule has 0 aromatic carbocycles. The van der Waals surface area contributed by atoms with Crippen molar-refractivity contribution in [1.29, 1.82) is 0 Å². The van der Waals surface area contributed by atoms with E-state index in [1.54, 1.807) is 0 Å². The highest BCUT2D eigenvalue weighted by Gasteiger charge is 2.30. The monoisotopic (exact) mass is 1410 g/mol. The zero-order valence-corrected chi connectivity index (χ0v) is 64.5. The molecular formula is C77H150O17P2. The average Bonchev–Trinajstić information content (AvgIpc) is 1.66. The van der Waals surface area contributed by atoms with Crippen molar-refractivity contribution in [3.8, 4) is 0 Å². The summed E-state index contributed by atoms with van der Waals surface area (Å²) in [4.78, 5) is 72.7. The van der Waals surface area contributed by atoms with Crippen LogP contribution in [0.3, 0.4) is 0 Å². The lowest BCUT2D eigenvalue weighted by molar-refractivity contribution is -0.161. The fraction of sp³-hybridized carbons (Fsp3) is 0.948. The van der Waals surface area contributed by atoms with Gasteiger partial charge in [0.05, 0.1) is 26.4 Å². The Bertz CT molecular complexity index is 1860. The summed E-state index contributed by atoms with van der Waals surface area (Å²) in [7, 11) is -9.91. The highest BCUT2D eigenvalue weighted by molar-refractivity contribution is 7.47. The molecule has 570 valence electrons. The minimum Gasteiger partial charge on any atom is -0.462 e. The Morgan fingerprint density at radius 2 is 0.479 bits per heavy atom. The Hall–Kier alpha value is -1.94. The molecule has 0 radical (unpaired) electrons. The average molecular weight is 1410 g/mol. The molecule has 0 saturated carbocycles. The minimum absolute atomic E-state index is 0.106. The first kappa shape index (κ1) is 94.1. The molecule has 0 saturated heterocycles. The molecule has 0 aliphatic carbocycles. The van der Waals surface area contributed by atoms with Gasteiger partial charge in [0, 0.05) is 25.7 Å². The molecule has 17 nitrogen and oxygen atoms in total. The Balaban J connectivity index is 5.18. The smallest absolute Gasteiger partial charge is 0.462 e. The van der Waals surface area contributed by atoms with E-state index in [9.17, 15) is 43.2 Å². The summed E-state index contributed by atoms with van der Waals surface area (Å²) in [6.45, 7) is 9.57. The predicted molar refractivity (Wildman–Crippen MR) is 391 cm³/mol. The number of carbonyl (C=O) groups is 4. The molecule has 0 rings (SSSR count). The van der Waals surface area contributed by atoms with Gasteiger partial charge in [0.25, 0.3) is 0 Å². The molecule has 0 heterocycles. The normalized spacial score (nSPS) is 14.0. The van der Waals surface area contributed by atoms with Crippen LogP contribution in [0.15, 0.2) is 0 Å². The number of esters is 4. The Morgan fingerprint density at radius 3 is 0.708 bits per heavy atom. The molecule has 0 bridgehead atoms. The third-order valence-corrected chi connectivity index (χ3v) is 19.9. The molecule has 0 aromatic heterocycles. The van der Waals surface area contributed by atoms with Crippen molar-refractivity contribution in [1.82, 2.24) is 0 Å². The van der Waals surface area contributed by atoms with E-state index in [0.29, 0.717) is 25.7 Å². The number of rotatable bonds is 76. The summed E-state index contributed by atoms with van der Waals surface area (Å²) in [5, 5.41) is 10.6. The predicted octanol–water partition coefficient (Wildman–Crippen LogP) is 22.7. The van der Waals surface area contributed by atoms with Crippen molar-refractivity contribution in [2.75, 3.05) is 39.6 Å². The maximum Gasteiger partial charge on any atom is 0.472 e. The van der Waals surface area contributed by atoms with Crippen molar-refractivity contribution in [3.63, 3.8) is 0 Å². The van der Waals surface area contributed by atoms with Crippen LogP contribution in [-0.2, 0) is 65.4 Å². The highest BCUT2D eigenvalue weighted by Crippen LogP contribution is 2.45. The fourth-order valence-electron chi connectivity index (χ4n) is 11.8. The lowest BCUT2D eigenvalue weighted by Gasteiger charge is -2.21. The maximum absolute atomic E-state index is 13.1. The van der Waals surface area contributed by atoms with Crippen LogP contribution >= 0.6 is 15.6 Å². The van der Waals surface area contributed by atoms with Gasteiger partial charge in [-0.3, -0.25) is 37.3 Å². The van der Waals surface area contributed by atoms with Crippen LogP contribution in [0.25, 0.3) is 0 Å². The van der Waals surface area contributed by atoms with Crippen molar-refractivity contribution >= 4 is 39.5 Å². The molecule has 5 atom stereocenters. The molecule has 3 N–H and O–H groups in total. The zero-order valence-electron chi connectivity index (χ0n) is 62.7. The molecule has 0 aromatic rings. The second-order valence-electron chi connectivity index (χ2n) is 28.7. The zero-order chi connectivity index (χ0) is 70.7. The number of hydrogen-bond donors (Lipinski definition) is 3. The number of aliphatic hydroxyl groups excluding tert-OH is 1. The fourth-order valence-corrected chi connectivity index (χ4v) is 13.4. The van der Waals surface area contributed by atoms with E-state index in [-0.39, 0.29) is 25.7 Å². The minimum atomic E-state index is -4.96. The summed E-state index contributed by atoms with van der Waals surface area (Å²) in [6, 6.07) is 0. The molecule has 0 amide bonds. The summed E-state index contributed by atoms with van der Waals surface area (Å²) in [6.07, 6.45) is 57.1. The van der Waals surface area contributed by atoms with Crippen LogP contribution < -0.4 is 0 Å². The molecule has 0 aliphatic heterocycles. The number of aliphatic hydroxyl groups is 1. The second-order valence-corrected chi connectivity index (χ2v) is 31.6. The van der Waals surface area contributed by atoms with Crippen molar-refractivity contribution in [2.24, 2.45) is 11.8 Å². The van der Waals surface area contributed by atoms with Crippen molar-refractivity contribution in [3.05, 3.63) is 0 Å². The number of phosphoric ester groups is 2. The number of ether oxygens (including phenoxy) is 4. The maximum atomic E-state index is 13.1. The standard InChI is InChI=1S/C77H150O17P2/c1-7-9-11-13-15-17-18-19-20-21-22-23-24-25-26-27-30-37-43-49-55-61-76(81)94-73(66-88-75(80)60-54-48-42-36-31-28-29-34-39-45-51-57-69(3)4)68-92-96(85,86)90-64-71(78)63-89-95(83,84)91-67-72(65-87-74(79)59-53-47-41-16-14-12-10-8-2)93-77(82)62-56-50-44-38-33-32-35-40-46-52-58-70(5)6/h69-73,78H,7-68H2,1-6H3,(H,83,84)(H,85,86)/t71-,72+,73+/m0/s1. The molecule has 0 spiro atoms. The van der Waals surface area contributed by atoms with Crippen LogP contribution in [0, 0.1) is 11.8 Å². The van der Waals surface area contributed by atoms with Crippen molar-refractivity contribution in [2.45, 2.75) is 419 Å². The van der Waals surface area contributed by atoms with E-state index >= 15 is 0 Å². The molecular weight excluding hydrogens is 1260 g/mol. The third-order valence-electron chi connectivity index (χ3n) is 18.0. The van der Waals surface area contributed by atoms with Gasteiger partial charge in [-0.15, -0.1) is 0 Å². The van der Waals surface area contributed by atoms with Crippen LogP contribution in [-0.4, -0.2) is 96.7 Å². The van der Waals surface area contributed by atoms with Gasteiger partial charge in [-0.05, 0) is 37.5 Å². The quantitative estimate of drug-likeness (QED) is 0.0222. The van der Waals surface area contributed by atoms with Crippen LogP contribution in [0.4, 0.5) is 0 Å². The van der Waals surface area contributed by atoms with E-state index in [0.717, 1.165) is 108 Å². The summed E-state index contributed by atoms with van der Waals surface area (Å²) >= 11 is 0. The van der Waals surface area contributed by atoms with Crippen LogP contribution in [0.5, 0.6) is 0 Å². The lowest BCUT2D eigenvalue weighted by Crippen LogP contribution is -2.30. The number of hydrogen-bond acceptors (Lipinski definition) is 15. The van der Waals surface area contributed by atoms with Crippen molar-refractivity contribution < 1.29 is 80.2 Å². The van der Waals surface area contributed by atoms with Gasteiger partial charge in [0.2, 0.25) is 0 Å². The lowest BCUT2D eigenvalue weighted by atomic mass is 10.0. The van der Waals surface area contributed by atoms with Gasteiger partial charge in [0.1, 0.15) is 19.3 Å². The second kappa shape index (κ2) is 68.8. The summed E-state index contributed by atoms with van der Waals surface area (Å²) in [5.41, 5.74) is 0. The first-order chi connectivity index (χ1) is 46.4. The number of carbonyl (C=O) groups excluding carboxylic acids is 4. The van der Waals surface area contributed by atoms with Gasteiger partial charge < -0.3 is 33.8 Å². The Labute approximate surface area is 588 Å². The van der Waals surface area contributed by atoms with Gasteiger partial charge >= 0.3 is 39.5 Å². The molecule has 96 heavy (non-hydrogen) atoms. The van der Waals surface area contributed by atoms with Gasteiger partial charge in [-0.2, -0.15) is 0 Å². The molecule has 2 unspecified atom stereocenters. The molecule has 0 aliphatic rings. The van der Waals surface area contributed by atoms with E-state index in [2.05, 4.69) is 41.5 Å². The van der Waals surface area contributed by atoms with E-state index in [1.165, 1.54) is 212 Å². The topological polar surface area (TPSA) is 237 Å². The number of phosphoric acid groups is 2. The van der Waals surface area contributed by atoms with Crippen LogP contribution in [0.2, 0.25) is 0 Å². The van der Waals surface area contributed by atoms with E-state index in [1.807, 2.05) is 0 Å². The van der Waals surface area contributed by atoms with Gasteiger partial charge in [0.15, 0.2) is 12.2 Å². The largest absolute Gasteiger partial charge is 0.472 e. The van der Waals surface area contributed by atoms with E-state index < -0.39 is 97.5 Å². The van der Waals surface area contributed by atoms with Gasteiger partial charge in [-0.1, -0.05) is 350 Å². The third kappa shape index (κ3) is 70.5. The van der Waals surface area contributed by atoms with Gasteiger partial charge in [-0.25, -0.2) is 9.13 Å². The van der Waals surface area contributed by atoms with E-state index in [4.69, 9.17) is 37.0 Å². The van der Waals surface area contributed by atoms with Crippen LogP contribution in [0.1, 0.15) is 401 Å². The Morgan fingerprint density at radius 1 is 0.281 bits per heavy atom. The summed E-state index contributed by atoms with van der Waals surface area (Å²) < 4.78 is 68.5. The number of unbranched alkanes of at least 4 members (excludes halogenated alkanes) is 46. The summed E-state index contributed by atoms with van der Waals surface area (Å²) in [5.74, 6) is -0.595. The SMILES string of the molecule is CCCCCCCCCCCCCCCCCCCCCCCC(=O)O[C@H](COC(=O)CCCCCCCCCCCCCC(C)C)COP(=O)(O)OC[C@@H](O)COP(=O)(O)OC[C@@H](COC(=O)CCCCCCCCCC)OC(=O)CCCCCCCCCCCCC(C)C. The molecule has 0 fully saturated rings. The highest BCUT2D eigenvalue weighted by atomic mass is 31.2. The molecule has 19 heteroatoms. The Kier molecular flexibility index (Phi) is 67.4.